The van der Waals surface area contributed by atoms with Crippen molar-refractivity contribution < 1.29 is 5.11 Å². The SMILES string of the molecule is C=C(C)C1CCC(C)(CO)C1. The van der Waals surface area contributed by atoms with Crippen molar-refractivity contribution in [2.75, 3.05) is 6.61 Å². The average molecular weight is 154 g/mol. The molecule has 1 aliphatic rings. The van der Waals surface area contributed by atoms with Crippen molar-refractivity contribution in [2.24, 2.45) is 11.3 Å². The average Bonchev–Trinajstić information content (AvgIpc) is 2.33. The van der Waals surface area contributed by atoms with Gasteiger partial charge in [0.25, 0.3) is 0 Å². The second-order valence-electron chi connectivity index (χ2n) is 4.25. The Morgan fingerprint density at radius 3 is 2.64 bits per heavy atom. The van der Waals surface area contributed by atoms with Crippen molar-refractivity contribution in [3.05, 3.63) is 12.2 Å². The van der Waals surface area contributed by atoms with Crippen LogP contribution in [0.1, 0.15) is 33.1 Å². The lowest BCUT2D eigenvalue weighted by atomic mass is 9.88. The van der Waals surface area contributed by atoms with Crippen molar-refractivity contribution in [1.29, 1.82) is 0 Å². The molecule has 1 saturated carbocycles. The van der Waals surface area contributed by atoms with Crippen LogP contribution in [-0.2, 0) is 0 Å². The normalized spacial score (nSPS) is 37.5. The van der Waals surface area contributed by atoms with E-state index in [1.54, 1.807) is 0 Å². The predicted molar refractivity (Wildman–Crippen MR) is 47.3 cm³/mol. The molecule has 1 N–H and O–H groups in total. The molecule has 1 heteroatoms. The standard InChI is InChI=1S/C10H18O/c1-8(2)9-4-5-10(3,6-9)7-11/h9,11H,1,4-7H2,2-3H3. The molecule has 0 spiro atoms. The van der Waals surface area contributed by atoms with Gasteiger partial charge in [0, 0.05) is 6.61 Å². The first kappa shape index (κ1) is 8.79. The van der Waals surface area contributed by atoms with Crippen LogP contribution >= 0.6 is 0 Å². The van der Waals surface area contributed by atoms with Crippen molar-refractivity contribution in [3.63, 3.8) is 0 Å². The molecule has 2 unspecified atom stereocenters. The molecule has 64 valence electrons. The third kappa shape index (κ3) is 1.84. The van der Waals surface area contributed by atoms with Crippen molar-refractivity contribution in [3.8, 4) is 0 Å². The minimum absolute atomic E-state index is 0.184. The molecule has 0 bridgehead atoms. The summed E-state index contributed by atoms with van der Waals surface area (Å²) in [6.45, 7) is 8.54. The van der Waals surface area contributed by atoms with Crippen LogP contribution < -0.4 is 0 Å². The summed E-state index contributed by atoms with van der Waals surface area (Å²) in [5.41, 5.74) is 1.46. The molecule has 0 aliphatic heterocycles. The fourth-order valence-corrected chi connectivity index (χ4v) is 1.89. The maximum atomic E-state index is 9.10. The molecule has 1 fully saturated rings. The molecule has 0 amide bonds. The van der Waals surface area contributed by atoms with Crippen LogP contribution in [0.5, 0.6) is 0 Å². The van der Waals surface area contributed by atoms with E-state index >= 15 is 0 Å². The molecule has 0 saturated heterocycles. The van der Waals surface area contributed by atoms with Crippen LogP contribution in [0, 0.1) is 11.3 Å². The minimum atomic E-state index is 0.184. The van der Waals surface area contributed by atoms with Gasteiger partial charge in [0.05, 0.1) is 0 Å². The van der Waals surface area contributed by atoms with Gasteiger partial charge in [-0.3, -0.25) is 0 Å². The first-order valence-corrected chi connectivity index (χ1v) is 4.34. The zero-order valence-electron chi connectivity index (χ0n) is 7.56. The molecule has 0 heterocycles. The molecule has 0 radical (unpaired) electrons. The lowest BCUT2D eigenvalue weighted by Gasteiger charge is -2.20. The summed E-state index contributed by atoms with van der Waals surface area (Å²) in [6, 6.07) is 0. The highest BCUT2D eigenvalue weighted by atomic mass is 16.3. The number of allylic oxidation sites excluding steroid dienone is 1. The molecular weight excluding hydrogens is 136 g/mol. The van der Waals surface area contributed by atoms with E-state index in [1.165, 1.54) is 12.0 Å². The van der Waals surface area contributed by atoms with E-state index in [-0.39, 0.29) is 5.41 Å². The minimum Gasteiger partial charge on any atom is -0.396 e. The Hall–Kier alpha value is -0.300. The van der Waals surface area contributed by atoms with Crippen molar-refractivity contribution >= 4 is 0 Å². The Bertz CT molecular complexity index is 162. The van der Waals surface area contributed by atoms with Crippen LogP contribution in [0.3, 0.4) is 0 Å². The molecule has 1 aliphatic carbocycles. The summed E-state index contributed by atoms with van der Waals surface area (Å²) in [4.78, 5) is 0. The Balaban J connectivity index is 2.53. The third-order valence-electron chi connectivity index (χ3n) is 2.91. The number of hydrogen-bond donors (Lipinski definition) is 1. The van der Waals surface area contributed by atoms with E-state index in [0.717, 1.165) is 12.8 Å². The summed E-state index contributed by atoms with van der Waals surface area (Å²) < 4.78 is 0. The van der Waals surface area contributed by atoms with Gasteiger partial charge in [-0.2, -0.15) is 0 Å². The van der Waals surface area contributed by atoms with Crippen molar-refractivity contribution in [2.45, 2.75) is 33.1 Å². The van der Waals surface area contributed by atoms with Gasteiger partial charge in [-0.1, -0.05) is 19.1 Å². The fourth-order valence-electron chi connectivity index (χ4n) is 1.89. The summed E-state index contributed by atoms with van der Waals surface area (Å²) in [6.07, 6.45) is 3.49. The van der Waals surface area contributed by atoms with Crippen LogP contribution in [0.15, 0.2) is 12.2 Å². The third-order valence-corrected chi connectivity index (χ3v) is 2.91. The maximum Gasteiger partial charge on any atom is 0.0484 e. The highest BCUT2D eigenvalue weighted by Gasteiger charge is 2.34. The lowest BCUT2D eigenvalue weighted by Crippen LogP contribution is -2.16. The van der Waals surface area contributed by atoms with Crippen LogP contribution in [0.25, 0.3) is 0 Å². The number of hydrogen-bond acceptors (Lipinski definition) is 1. The summed E-state index contributed by atoms with van der Waals surface area (Å²) >= 11 is 0. The van der Waals surface area contributed by atoms with Gasteiger partial charge >= 0.3 is 0 Å². The zero-order chi connectivity index (χ0) is 8.48. The van der Waals surface area contributed by atoms with Gasteiger partial charge in [0.1, 0.15) is 0 Å². The van der Waals surface area contributed by atoms with Crippen molar-refractivity contribution in [1.82, 2.24) is 0 Å². The van der Waals surface area contributed by atoms with Gasteiger partial charge in [-0.15, -0.1) is 0 Å². The molecular formula is C10H18O. The van der Waals surface area contributed by atoms with Gasteiger partial charge in [-0.05, 0) is 37.5 Å². The quantitative estimate of drug-likeness (QED) is 0.605. The van der Waals surface area contributed by atoms with E-state index in [2.05, 4.69) is 20.4 Å². The van der Waals surface area contributed by atoms with E-state index in [4.69, 9.17) is 5.11 Å². The maximum absolute atomic E-state index is 9.10. The second kappa shape index (κ2) is 2.98. The van der Waals surface area contributed by atoms with E-state index < -0.39 is 0 Å². The van der Waals surface area contributed by atoms with Crippen LogP contribution in [0.2, 0.25) is 0 Å². The van der Waals surface area contributed by atoms with Gasteiger partial charge < -0.3 is 5.11 Å². The highest BCUT2D eigenvalue weighted by Crippen LogP contribution is 2.43. The topological polar surface area (TPSA) is 20.2 Å². The smallest absolute Gasteiger partial charge is 0.0484 e. The highest BCUT2D eigenvalue weighted by molar-refractivity contribution is 5.02. The Kier molecular flexibility index (Phi) is 2.38. The number of aliphatic hydroxyl groups excluding tert-OH is 1. The predicted octanol–water partition coefficient (Wildman–Crippen LogP) is 2.36. The Morgan fingerprint density at radius 2 is 2.36 bits per heavy atom. The monoisotopic (exact) mass is 154 g/mol. The molecule has 1 rings (SSSR count). The molecule has 11 heavy (non-hydrogen) atoms. The van der Waals surface area contributed by atoms with E-state index in [9.17, 15) is 0 Å². The van der Waals surface area contributed by atoms with Gasteiger partial charge in [0.2, 0.25) is 0 Å². The molecule has 1 nitrogen and oxygen atoms in total. The van der Waals surface area contributed by atoms with Crippen LogP contribution in [-0.4, -0.2) is 11.7 Å². The molecule has 0 aromatic heterocycles. The second-order valence-corrected chi connectivity index (χ2v) is 4.25. The molecule has 0 aromatic rings. The zero-order valence-corrected chi connectivity index (χ0v) is 7.56. The molecule has 2 atom stereocenters. The summed E-state index contributed by atoms with van der Waals surface area (Å²) in [7, 11) is 0. The fraction of sp³-hybridized carbons (Fsp3) is 0.800. The van der Waals surface area contributed by atoms with Gasteiger partial charge in [0.15, 0.2) is 0 Å². The summed E-state index contributed by atoms with van der Waals surface area (Å²) in [5.74, 6) is 0.659. The number of aliphatic hydroxyl groups is 1. The molecule has 0 aromatic carbocycles. The Morgan fingerprint density at radius 1 is 1.73 bits per heavy atom. The first-order chi connectivity index (χ1) is 5.07. The Labute approximate surface area is 69.1 Å². The van der Waals surface area contributed by atoms with Crippen LogP contribution in [0.4, 0.5) is 0 Å². The van der Waals surface area contributed by atoms with E-state index in [0.29, 0.717) is 12.5 Å². The van der Waals surface area contributed by atoms with Gasteiger partial charge in [-0.25, -0.2) is 0 Å². The lowest BCUT2D eigenvalue weighted by molar-refractivity contribution is 0.146. The first-order valence-electron chi connectivity index (χ1n) is 4.34. The summed E-state index contributed by atoms with van der Waals surface area (Å²) in [5, 5.41) is 9.10. The van der Waals surface area contributed by atoms with E-state index in [1.807, 2.05) is 0 Å². The number of rotatable bonds is 2. The largest absolute Gasteiger partial charge is 0.396 e.